The molecule has 0 saturated heterocycles. The molecule has 0 heterocycles. The number of ether oxygens (including phenoxy) is 1. The molecule has 1 rings (SSSR count). The molecule has 0 aromatic heterocycles. The van der Waals surface area contributed by atoms with Crippen LogP contribution in [-0.4, -0.2) is 13.2 Å². The maximum atomic E-state index is 5.71. The highest BCUT2D eigenvalue weighted by Crippen LogP contribution is 2.29. The van der Waals surface area contributed by atoms with Crippen molar-refractivity contribution in [1.29, 1.82) is 0 Å². The lowest BCUT2D eigenvalue weighted by atomic mass is 10.1. The van der Waals surface area contributed by atoms with Gasteiger partial charge in [0.05, 0.1) is 0 Å². The number of rotatable bonds is 6. The van der Waals surface area contributed by atoms with Gasteiger partial charge in [0.15, 0.2) is 0 Å². The van der Waals surface area contributed by atoms with Crippen LogP contribution in [-0.2, 0) is 0 Å². The lowest BCUT2D eigenvalue weighted by molar-refractivity contribution is 0.352. The molecule has 1 aromatic carbocycles. The Morgan fingerprint density at radius 1 is 1.53 bits per heavy atom. The van der Waals surface area contributed by atoms with Crippen molar-refractivity contribution in [3.8, 4) is 5.75 Å². The van der Waals surface area contributed by atoms with Gasteiger partial charge in [-0.25, -0.2) is 0 Å². The number of benzene rings is 1. The predicted molar refractivity (Wildman–Crippen MR) is 79.8 cm³/mol. The molecule has 1 unspecified atom stereocenters. The summed E-state index contributed by atoms with van der Waals surface area (Å²) in [5, 5.41) is 3.38. The van der Waals surface area contributed by atoms with Gasteiger partial charge in [0.2, 0.25) is 0 Å². The third-order valence-corrected chi connectivity index (χ3v) is 3.06. The maximum absolute atomic E-state index is 5.71. The zero-order chi connectivity index (χ0) is 12.8. The third-order valence-electron chi connectivity index (χ3n) is 2.33. The van der Waals surface area contributed by atoms with E-state index in [0.29, 0.717) is 6.61 Å². The van der Waals surface area contributed by atoms with E-state index >= 15 is 0 Å². The Morgan fingerprint density at radius 2 is 2.24 bits per heavy atom. The molecule has 2 nitrogen and oxygen atoms in total. The molecule has 0 spiro atoms. The Morgan fingerprint density at radius 3 is 2.82 bits per heavy atom. The third kappa shape index (κ3) is 4.82. The van der Waals surface area contributed by atoms with Crippen molar-refractivity contribution < 1.29 is 4.74 Å². The largest absolute Gasteiger partial charge is 0.488 e. The van der Waals surface area contributed by atoms with Crippen LogP contribution in [0.5, 0.6) is 5.75 Å². The molecule has 0 radical (unpaired) electrons. The predicted octanol–water partition coefficient (Wildman–Crippen LogP) is 4.41. The van der Waals surface area contributed by atoms with Gasteiger partial charge in [-0.3, -0.25) is 0 Å². The first-order valence-corrected chi connectivity index (χ1v) is 7.12. The highest BCUT2D eigenvalue weighted by Gasteiger charge is 2.11. The maximum Gasteiger partial charge on any atom is 0.124 e. The molecule has 0 amide bonds. The molecule has 0 aliphatic heterocycles. The topological polar surface area (TPSA) is 21.3 Å². The minimum Gasteiger partial charge on any atom is -0.488 e. The first-order valence-electron chi connectivity index (χ1n) is 5.53. The summed E-state index contributed by atoms with van der Waals surface area (Å²) in [5.41, 5.74) is 1.15. The van der Waals surface area contributed by atoms with E-state index in [1.54, 1.807) is 0 Å². The summed E-state index contributed by atoms with van der Waals surface area (Å²) in [6, 6.07) is 6.30. The monoisotopic (exact) mass is 361 g/mol. The summed E-state index contributed by atoms with van der Waals surface area (Å²) < 4.78 is 7.61. The van der Waals surface area contributed by atoms with Gasteiger partial charge in [-0.05, 0) is 31.7 Å². The fourth-order valence-corrected chi connectivity index (χ4v) is 2.05. The average molecular weight is 363 g/mol. The molecule has 1 N–H and O–H groups in total. The number of hydrogen-bond donors (Lipinski definition) is 1. The summed E-state index contributed by atoms with van der Waals surface area (Å²) in [6.45, 7) is 9.39. The molecule has 0 saturated carbocycles. The van der Waals surface area contributed by atoms with Crippen molar-refractivity contribution in [2.24, 2.45) is 0 Å². The summed E-state index contributed by atoms with van der Waals surface area (Å²) >= 11 is 6.78. The van der Waals surface area contributed by atoms with E-state index < -0.39 is 0 Å². The zero-order valence-corrected chi connectivity index (χ0v) is 13.3. The lowest BCUT2D eigenvalue weighted by Crippen LogP contribution is -2.18. The Labute approximate surface area is 120 Å². The fourth-order valence-electron chi connectivity index (χ4n) is 1.56. The van der Waals surface area contributed by atoms with E-state index in [1.165, 1.54) is 0 Å². The normalized spacial score (nSPS) is 12.2. The molecule has 0 bridgehead atoms. The van der Waals surface area contributed by atoms with E-state index in [0.717, 1.165) is 26.8 Å². The van der Waals surface area contributed by atoms with E-state index in [2.05, 4.69) is 63.7 Å². The molecule has 1 aromatic rings. The van der Waals surface area contributed by atoms with Gasteiger partial charge >= 0.3 is 0 Å². The van der Waals surface area contributed by atoms with Crippen LogP contribution in [0.3, 0.4) is 0 Å². The van der Waals surface area contributed by atoms with Gasteiger partial charge in [0.25, 0.3) is 0 Å². The van der Waals surface area contributed by atoms with Crippen molar-refractivity contribution in [3.05, 3.63) is 39.3 Å². The van der Waals surface area contributed by atoms with Gasteiger partial charge in [-0.15, -0.1) is 0 Å². The van der Waals surface area contributed by atoms with Crippen molar-refractivity contribution in [1.82, 2.24) is 5.32 Å². The SMILES string of the molecule is C=C(Br)COc1ccc(Br)cc1C(C)NCC. The van der Waals surface area contributed by atoms with Crippen LogP contribution < -0.4 is 10.1 Å². The summed E-state index contributed by atoms with van der Waals surface area (Å²) in [7, 11) is 0. The van der Waals surface area contributed by atoms with E-state index in [4.69, 9.17) is 4.74 Å². The van der Waals surface area contributed by atoms with Crippen LogP contribution in [0.4, 0.5) is 0 Å². The molecular weight excluding hydrogens is 346 g/mol. The minimum absolute atomic E-state index is 0.260. The smallest absolute Gasteiger partial charge is 0.124 e. The fraction of sp³-hybridized carbons (Fsp3) is 0.385. The second-order valence-corrected chi connectivity index (χ2v) is 5.80. The number of hydrogen-bond acceptors (Lipinski definition) is 2. The Hall–Kier alpha value is -0.320. The molecule has 17 heavy (non-hydrogen) atoms. The molecule has 0 aliphatic carbocycles. The van der Waals surface area contributed by atoms with Gasteiger partial charge in [-0.2, -0.15) is 0 Å². The van der Waals surface area contributed by atoms with Crippen LogP contribution in [0.25, 0.3) is 0 Å². The van der Waals surface area contributed by atoms with E-state index in [9.17, 15) is 0 Å². The standard InChI is InChI=1S/C13H17Br2NO/c1-4-16-10(3)12-7-11(15)5-6-13(12)17-8-9(2)14/h5-7,10,16H,2,4,8H2,1,3H3. The van der Waals surface area contributed by atoms with Crippen LogP contribution in [0, 0.1) is 0 Å². The van der Waals surface area contributed by atoms with Gasteiger partial charge in [0, 0.05) is 20.6 Å². The van der Waals surface area contributed by atoms with Crippen molar-refractivity contribution in [3.63, 3.8) is 0 Å². The van der Waals surface area contributed by atoms with Crippen molar-refractivity contribution >= 4 is 31.9 Å². The summed E-state index contributed by atoms with van der Waals surface area (Å²) in [6.07, 6.45) is 0. The van der Waals surface area contributed by atoms with Crippen molar-refractivity contribution in [2.75, 3.05) is 13.2 Å². The quantitative estimate of drug-likeness (QED) is 0.809. The average Bonchev–Trinajstić information content (AvgIpc) is 2.27. The minimum atomic E-state index is 0.260. The van der Waals surface area contributed by atoms with Crippen LogP contribution >= 0.6 is 31.9 Å². The second kappa shape index (κ2) is 7.19. The Bertz CT molecular complexity index is 393. The van der Waals surface area contributed by atoms with Crippen LogP contribution in [0.15, 0.2) is 33.7 Å². The Balaban J connectivity index is 2.90. The lowest BCUT2D eigenvalue weighted by Gasteiger charge is -2.18. The van der Waals surface area contributed by atoms with Gasteiger partial charge < -0.3 is 10.1 Å². The van der Waals surface area contributed by atoms with Crippen molar-refractivity contribution in [2.45, 2.75) is 19.9 Å². The highest BCUT2D eigenvalue weighted by atomic mass is 79.9. The molecule has 4 heteroatoms. The van der Waals surface area contributed by atoms with E-state index in [-0.39, 0.29) is 6.04 Å². The van der Waals surface area contributed by atoms with Gasteiger partial charge in [0.1, 0.15) is 12.4 Å². The zero-order valence-electron chi connectivity index (χ0n) is 10.1. The molecular formula is C13H17Br2NO. The molecule has 94 valence electrons. The Kier molecular flexibility index (Phi) is 6.23. The highest BCUT2D eigenvalue weighted by molar-refractivity contribution is 9.11. The number of halogens is 2. The second-order valence-electron chi connectivity index (χ2n) is 3.77. The number of nitrogens with one attached hydrogen (secondary N) is 1. The van der Waals surface area contributed by atoms with Gasteiger partial charge in [-0.1, -0.05) is 45.4 Å². The summed E-state index contributed by atoms with van der Waals surface area (Å²) in [5.74, 6) is 0.891. The summed E-state index contributed by atoms with van der Waals surface area (Å²) in [4.78, 5) is 0. The molecule has 0 aliphatic rings. The first-order chi connectivity index (χ1) is 8.04. The van der Waals surface area contributed by atoms with Crippen LogP contribution in [0.2, 0.25) is 0 Å². The molecule has 1 atom stereocenters. The van der Waals surface area contributed by atoms with Crippen LogP contribution in [0.1, 0.15) is 25.5 Å². The molecule has 0 fully saturated rings. The van der Waals surface area contributed by atoms with E-state index in [1.807, 2.05) is 12.1 Å². The first kappa shape index (κ1) is 14.7.